The minimum Gasteiger partial charge on any atom is -0.288 e. The minimum atomic E-state index is 0.0590. The molecule has 4 aromatic rings. The molecule has 21 heavy (non-hydrogen) atoms. The van der Waals surface area contributed by atoms with Gasteiger partial charge in [-0.25, -0.2) is 0 Å². The highest BCUT2D eigenvalue weighted by molar-refractivity contribution is 7.21. The van der Waals surface area contributed by atoms with E-state index in [0.29, 0.717) is 5.56 Å². The van der Waals surface area contributed by atoms with Gasteiger partial charge < -0.3 is 0 Å². The van der Waals surface area contributed by atoms with Gasteiger partial charge in [0.25, 0.3) is 0 Å². The summed E-state index contributed by atoms with van der Waals surface area (Å²) < 4.78 is 1.14. The first-order valence-electron chi connectivity index (χ1n) is 6.69. The number of carbonyl (C=O) groups is 1. The first-order chi connectivity index (χ1) is 10.3. The largest absolute Gasteiger partial charge is 0.288 e. The van der Waals surface area contributed by atoms with E-state index in [4.69, 9.17) is 0 Å². The normalized spacial score (nSPS) is 11.0. The third-order valence-electron chi connectivity index (χ3n) is 3.52. The SMILES string of the molecule is O=C(c1ccc2cccnc2c1)c1cc2ccccc2s1. The summed E-state index contributed by atoms with van der Waals surface area (Å²) in [5.41, 5.74) is 1.54. The van der Waals surface area contributed by atoms with Crippen LogP contribution in [-0.2, 0) is 0 Å². The lowest BCUT2D eigenvalue weighted by molar-refractivity contribution is 0.104. The zero-order chi connectivity index (χ0) is 14.2. The lowest BCUT2D eigenvalue weighted by Crippen LogP contribution is -1.98. The predicted octanol–water partition coefficient (Wildman–Crippen LogP) is 4.68. The van der Waals surface area contributed by atoms with E-state index in [-0.39, 0.29) is 5.78 Å². The van der Waals surface area contributed by atoms with Gasteiger partial charge in [0.1, 0.15) is 0 Å². The van der Waals surface area contributed by atoms with Crippen molar-refractivity contribution in [1.82, 2.24) is 4.98 Å². The summed E-state index contributed by atoms with van der Waals surface area (Å²) in [5.74, 6) is 0.0590. The Morgan fingerprint density at radius 1 is 0.905 bits per heavy atom. The van der Waals surface area contributed by atoms with Crippen LogP contribution in [0.25, 0.3) is 21.0 Å². The Hall–Kier alpha value is -2.52. The van der Waals surface area contributed by atoms with Crippen molar-refractivity contribution in [1.29, 1.82) is 0 Å². The second-order valence-electron chi connectivity index (χ2n) is 4.89. The number of rotatable bonds is 2. The molecule has 0 aliphatic heterocycles. The fraction of sp³-hybridized carbons (Fsp3) is 0. The molecule has 2 aromatic heterocycles. The van der Waals surface area contributed by atoms with Crippen LogP contribution in [-0.4, -0.2) is 10.8 Å². The van der Waals surface area contributed by atoms with Crippen LogP contribution in [0.1, 0.15) is 15.2 Å². The molecular weight excluding hydrogens is 278 g/mol. The number of ketones is 1. The summed E-state index contributed by atoms with van der Waals surface area (Å²) in [5, 5.41) is 2.16. The molecule has 0 N–H and O–H groups in total. The van der Waals surface area contributed by atoms with Crippen LogP contribution >= 0.6 is 11.3 Å². The molecule has 0 aliphatic carbocycles. The molecular formula is C18H11NOS. The van der Waals surface area contributed by atoms with Crippen LogP contribution in [0, 0.1) is 0 Å². The molecule has 100 valence electrons. The maximum atomic E-state index is 12.6. The second-order valence-corrected chi connectivity index (χ2v) is 5.97. The summed E-state index contributed by atoms with van der Waals surface area (Å²) in [6.45, 7) is 0. The standard InChI is InChI=1S/C18H11NOS/c20-18(17-11-13-4-1-2-6-16(13)21-17)14-8-7-12-5-3-9-19-15(12)10-14/h1-11H. The number of nitrogens with zero attached hydrogens (tertiary/aromatic N) is 1. The molecule has 0 fully saturated rings. The highest BCUT2D eigenvalue weighted by Gasteiger charge is 2.13. The van der Waals surface area contributed by atoms with E-state index in [9.17, 15) is 4.79 Å². The second kappa shape index (κ2) is 4.79. The van der Waals surface area contributed by atoms with Crippen molar-refractivity contribution in [2.75, 3.05) is 0 Å². The summed E-state index contributed by atoms with van der Waals surface area (Å²) in [6.07, 6.45) is 1.75. The number of hydrogen-bond donors (Lipinski definition) is 0. The molecule has 0 spiro atoms. The molecule has 4 rings (SSSR count). The summed E-state index contributed by atoms with van der Waals surface area (Å²) >= 11 is 1.54. The van der Waals surface area contributed by atoms with Gasteiger partial charge in [-0.1, -0.05) is 36.4 Å². The average Bonchev–Trinajstić information content (AvgIpc) is 2.97. The Kier molecular flexibility index (Phi) is 2.79. The zero-order valence-electron chi connectivity index (χ0n) is 11.1. The third kappa shape index (κ3) is 2.12. The van der Waals surface area contributed by atoms with Gasteiger partial charge in [0.2, 0.25) is 5.78 Å². The van der Waals surface area contributed by atoms with E-state index in [2.05, 4.69) is 4.98 Å². The van der Waals surface area contributed by atoms with Crippen LogP contribution in [0.5, 0.6) is 0 Å². The minimum absolute atomic E-state index is 0.0590. The van der Waals surface area contributed by atoms with Gasteiger partial charge in [0.05, 0.1) is 10.4 Å². The van der Waals surface area contributed by atoms with E-state index < -0.39 is 0 Å². The number of fused-ring (bicyclic) bond motifs is 2. The topological polar surface area (TPSA) is 30.0 Å². The maximum Gasteiger partial charge on any atom is 0.203 e. The van der Waals surface area contributed by atoms with Crippen LogP contribution < -0.4 is 0 Å². The third-order valence-corrected chi connectivity index (χ3v) is 4.63. The van der Waals surface area contributed by atoms with E-state index >= 15 is 0 Å². The van der Waals surface area contributed by atoms with Crippen molar-refractivity contribution in [2.45, 2.75) is 0 Å². The number of thiophene rings is 1. The number of aromatic nitrogens is 1. The highest BCUT2D eigenvalue weighted by atomic mass is 32.1. The van der Waals surface area contributed by atoms with Gasteiger partial charge in [-0.2, -0.15) is 0 Å². The van der Waals surface area contributed by atoms with Crippen LogP contribution in [0.15, 0.2) is 66.9 Å². The Bertz CT molecular complexity index is 938. The van der Waals surface area contributed by atoms with Crippen LogP contribution in [0.4, 0.5) is 0 Å². The first-order valence-corrected chi connectivity index (χ1v) is 7.51. The molecule has 2 nitrogen and oxygen atoms in total. The molecule has 0 amide bonds. The molecule has 0 atom stereocenters. The predicted molar refractivity (Wildman–Crippen MR) is 87.0 cm³/mol. The van der Waals surface area contributed by atoms with Crippen LogP contribution in [0.3, 0.4) is 0 Å². The Morgan fingerprint density at radius 3 is 2.67 bits per heavy atom. The Morgan fingerprint density at radius 2 is 1.76 bits per heavy atom. The van der Waals surface area contributed by atoms with Gasteiger partial charge in [0, 0.05) is 21.8 Å². The molecule has 0 aliphatic rings. The number of hydrogen-bond acceptors (Lipinski definition) is 3. The number of benzene rings is 2. The van der Waals surface area contributed by atoms with Gasteiger partial charge in [-0.3, -0.25) is 9.78 Å². The van der Waals surface area contributed by atoms with Crippen molar-refractivity contribution >= 4 is 38.1 Å². The molecule has 3 heteroatoms. The van der Waals surface area contributed by atoms with E-state index in [1.165, 1.54) is 11.3 Å². The summed E-state index contributed by atoms with van der Waals surface area (Å²) in [7, 11) is 0. The molecule has 0 bridgehead atoms. The van der Waals surface area contributed by atoms with Gasteiger partial charge in [0.15, 0.2) is 0 Å². The molecule has 2 aromatic carbocycles. The monoisotopic (exact) mass is 289 g/mol. The van der Waals surface area contributed by atoms with E-state index in [0.717, 1.165) is 25.9 Å². The number of carbonyl (C=O) groups excluding carboxylic acids is 1. The average molecular weight is 289 g/mol. The van der Waals surface area contributed by atoms with Crippen molar-refractivity contribution in [3.63, 3.8) is 0 Å². The molecule has 2 heterocycles. The van der Waals surface area contributed by atoms with E-state index in [1.807, 2.05) is 60.7 Å². The van der Waals surface area contributed by atoms with Crippen molar-refractivity contribution < 1.29 is 4.79 Å². The molecule has 0 unspecified atom stereocenters. The lowest BCUT2D eigenvalue weighted by atomic mass is 10.1. The Labute approximate surface area is 125 Å². The van der Waals surface area contributed by atoms with Gasteiger partial charge in [-0.05, 0) is 29.7 Å². The highest BCUT2D eigenvalue weighted by Crippen LogP contribution is 2.27. The van der Waals surface area contributed by atoms with Gasteiger partial charge in [-0.15, -0.1) is 11.3 Å². The zero-order valence-corrected chi connectivity index (χ0v) is 11.9. The fourth-order valence-corrected chi connectivity index (χ4v) is 3.47. The fourth-order valence-electron chi connectivity index (χ4n) is 2.44. The molecule has 0 saturated heterocycles. The summed E-state index contributed by atoms with van der Waals surface area (Å²) in [4.78, 5) is 17.7. The first kappa shape index (κ1) is 12.2. The lowest BCUT2D eigenvalue weighted by Gasteiger charge is -2.00. The van der Waals surface area contributed by atoms with Crippen molar-refractivity contribution in [2.24, 2.45) is 0 Å². The smallest absolute Gasteiger partial charge is 0.203 e. The Balaban J connectivity index is 1.81. The van der Waals surface area contributed by atoms with Crippen molar-refractivity contribution in [3.8, 4) is 0 Å². The van der Waals surface area contributed by atoms with Crippen molar-refractivity contribution in [3.05, 3.63) is 77.3 Å². The summed E-state index contributed by atoms with van der Waals surface area (Å²) in [6, 6.07) is 19.6. The van der Waals surface area contributed by atoms with Gasteiger partial charge >= 0.3 is 0 Å². The molecule has 0 radical (unpaired) electrons. The van der Waals surface area contributed by atoms with Crippen LogP contribution in [0.2, 0.25) is 0 Å². The maximum absolute atomic E-state index is 12.6. The molecule has 0 saturated carbocycles. The number of pyridine rings is 1. The van der Waals surface area contributed by atoms with E-state index in [1.54, 1.807) is 6.20 Å². The quantitative estimate of drug-likeness (QED) is 0.501.